The minimum Gasteiger partial charge on any atom is -0.493 e. The van der Waals surface area contributed by atoms with E-state index in [0.29, 0.717) is 11.5 Å². The number of ether oxygens (including phenoxy) is 2. The van der Waals surface area contributed by atoms with Gasteiger partial charge in [-0.2, -0.15) is 0 Å². The third-order valence-electron chi connectivity index (χ3n) is 3.03. The summed E-state index contributed by atoms with van der Waals surface area (Å²) in [6, 6.07) is 6.00. The van der Waals surface area contributed by atoms with E-state index in [4.69, 9.17) is 9.47 Å². The molecule has 5 nitrogen and oxygen atoms in total. The zero-order valence-electron chi connectivity index (χ0n) is 12.7. The summed E-state index contributed by atoms with van der Waals surface area (Å²) in [4.78, 5) is 11.2. The third kappa shape index (κ3) is 4.74. The van der Waals surface area contributed by atoms with E-state index >= 15 is 0 Å². The fraction of sp³-hybridized carbons (Fsp3) is 0.533. The Bertz CT molecular complexity index is 435. The molecule has 0 aliphatic rings. The fourth-order valence-corrected chi connectivity index (χ4v) is 1.77. The second kappa shape index (κ2) is 8.43. The van der Waals surface area contributed by atoms with Gasteiger partial charge in [-0.15, -0.1) is 0 Å². The van der Waals surface area contributed by atoms with Gasteiger partial charge in [0.1, 0.15) is 0 Å². The van der Waals surface area contributed by atoms with Gasteiger partial charge in [0.2, 0.25) is 0 Å². The second-order valence-corrected chi connectivity index (χ2v) is 4.55. The van der Waals surface area contributed by atoms with Crippen LogP contribution in [0.15, 0.2) is 18.2 Å². The number of methoxy groups -OCH3 is 1. The van der Waals surface area contributed by atoms with Gasteiger partial charge in [-0.1, -0.05) is 13.0 Å². The van der Waals surface area contributed by atoms with E-state index in [-0.39, 0.29) is 18.6 Å². The van der Waals surface area contributed by atoms with Gasteiger partial charge in [0.15, 0.2) is 18.1 Å². The van der Waals surface area contributed by atoms with E-state index < -0.39 is 0 Å². The Balaban J connectivity index is 2.76. The SMILES string of the molecule is CCCNC(C)c1ccc(OCC(=O)NC)c(OC)c1. The molecule has 0 fully saturated rings. The Morgan fingerprint density at radius 2 is 2.10 bits per heavy atom. The Morgan fingerprint density at radius 3 is 2.70 bits per heavy atom. The predicted octanol–water partition coefficient (Wildman–Crippen LogP) is 1.88. The highest BCUT2D eigenvalue weighted by molar-refractivity contribution is 5.77. The minimum atomic E-state index is -0.172. The lowest BCUT2D eigenvalue weighted by Gasteiger charge is -2.16. The number of amides is 1. The van der Waals surface area contributed by atoms with Gasteiger partial charge >= 0.3 is 0 Å². The molecule has 20 heavy (non-hydrogen) atoms. The van der Waals surface area contributed by atoms with Crippen LogP contribution in [-0.2, 0) is 4.79 Å². The highest BCUT2D eigenvalue weighted by Gasteiger charge is 2.11. The zero-order chi connectivity index (χ0) is 15.0. The molecule has 1 aromatic rings. The molecule has 0 saturated carbocycles. The van der Waals surface area contributed by atoms with Crippen molar-refractivity contribution in [2.24, 2.45) is 0 Å². The Hall–Kier alpha value is -1.75. The molecule has 1 unspecified atom stereocenters. The first-order chi connectivity index (χ1) is 9.62. The van der Waals surface area contributed by atoms with E-state index in [0.717, 1.165) is 18.5 Å². The molecule has 0 aromatic heterocycles. The normalized spacial score (nSPS) is 11.8. The van der Waals surface area contributed by atoms with Crippen molar-refractivity contribution in [3.8, 4) is 11.5 Å². The van der Waals surface area contributed by atoms with Gasteiger partial charge in [0.25, 0.3) is 5.91 Å². The summed E-state index contributed by atoms with van der Waals surface area (Å²) in [6.45, 7) is 5.19. The number of carbonyl (C=O) groups excluding carboxylic acids is 1. The zero-order valence-corrected chi connectivity index (χ0v) is 12.7. The molecule has 1 atom stereocenters. The van der Waals surface area contributed by atoms with Crippen molar-refractivity contribution >= 4 is 5.91 Å². The van der Waals surface area contributed by atoms with Gasteiger partial charge in [-0.3, -0.25) is 4.79 Å². The summed E-state index contributed by atoms with van der Waals surface area (Å²) in [5, 5.41) is 5.93. The van der Waals surface area contributed by atoms with Crippen LogP contribution in [0.4, 0.5) is 0 Å². The monoisotopic (exact) mass is 280 g/mol. The maximum absolute atomic E-state index is 11.2. The van der Waals surface area contributed by atoms with Gasteiger partial charge in [-0.25, -0.2) is 0 Å². The Labute approximate surface area is 120 Å². The summed E-state index contributed by atoms with van der Waals surface area (Å²) in [7, 11) is 3.17. The highest BCUT2D eigenvalue weighted by atomic mass is 16.5. The van der Waals surface area contributed by atoms with Crippen molar-refractivity contribution in [3.63, 3.8) is 0 Å². The molecule has 0 spiro atoms. The maximum atomic E-state index is 11.2. The Kier molecular flexibility index (Phi) is 6.87. The average Bonchev–Trinajstić information content (AvgIpc) is 2.49. The number of carbonyl (C=O) groups is 1. The summed E-state index contributed by atoms with van der Waals surface area (Å²) < 4.78 is 10.8. The molecular weight excluding hydrogens is 256 g/mol. The van der Waals surface area contributed by atoms with E-state index in [1.807, 2.05) is 18.2 Å². The maximum Gasteiger partial charge on any atom is 0.257 e. The average molecular weight is 280 g/mol. The van der Waals surface area contributed by atoms with Crippen molar-refractivity contribution in [1.82, 2.24) is 10.6 Å². The first kappa shape index (κ1) is 16.3. The van der Waals surface area contributed by atoms with Crippen molar-refractivity contribution in [3.05, 3.63) is 23.8 Å². The van der Waals surface area contributed by atoms with Gasteiger partial charge < -0.3 is 20.1 Å². The molecular formula is C15H24N2O3. The molecule has 2 N–H and O–H groups in total. The van der Waals surface area contributed by atoms with Gasteiger partial charge in [0, 0.05) is 13.1 Å². The van der Waals surface area contributed by atoms with Crippen LogP contribution in [0.5, 0.6) is 11.5 Å². The summed E-state index contributed by atoms with van der Waals surface area (Å²) in [5.41, 5.74) is 1.13. The molecule has 0 bridgehead atoms. The summed E-state index contributed by atoms with van der Waals surface area (Å²) in [5.74, 6) is 1.04. The molecule has 1 aromatic carbocycles. The lowest BCUT2D eigenvalue weighted by atomic mass is 10.1. The number of hydrogen-bond donors (Lipinski definition) is 2. The molecule has 0 saturated heterocycles. The molecule has 5 heteroatoms. The van der Waals surface area contributed by atoms with Gasteiger partial charge in [0.05, 0.1) is 7.11 Å². The van der Waals surface area contributed by atoms with Crippen LogP contribution in [0, 0.1) is 0 Å². The van der Waals surface area contributed by atoms with Crippen LogP contribution >= 0.6 is 0 Å². The molecule has 0 aliphatic carbocycles. The number of likely N-dealkylation sites (N-methyl/N-ethyl adjacent to an activating group) is 1. The van der Waals surface area contributed by atoms with Crippen LogP contribution < -0.4 is 20.1 Å². The van der Waals surface area contributed by atoms with Crippen molar-refractivity contribution in [1.29, 1.82) is 0 Å². The van der Waals surface area contributed by atoms with Crippen molar-refractivity contribution in [2.75, 3.05) is 27.3 Å². The molecule has 0 aliphatic heterocycles. The van der Waals surface area contributed by atoms with E-state index in [1.165, 1.54) is 0 Å². The van der Waals surface area contributed by atoms with Crippen LogP contribution in [0.1, 0.15) is 31.9 Å². The van der Waals surface area contributed by atoms with Crippen LogP contribution in [0.3, 0.4) is 0 Å². The molecule has 112 valence electrons. The molecule has 1 rings (SSSR count). The second-order valence-electron chi connectivity index (χ2n) is 4.55. The van der Waals surface area contributed by atoms with Crippen molar-refractivity contribution < 1.29 is 14.3 Å². The van der Waals surface area contributed by atoms with Crippen LogP contribution in [0.2, 0.25) is 0 Å². The molecule has 1 amide bonds. The quantitative estimate of drug-likeness (QED) is 0.763. The summed E-state index contributed by atoms with van der Waals surface area (Å²) >= 11 is 0. The third-order valence-corrected chi connectivity index (χ3v) is 3.03. The van der Waals surface area contributed by atoms with Crippen LogP contribution in [-0.4, -0.2) is 33.2 Å². The first-order valence-corrected chi connectivity index (χ1v) is 6.87. The van der Waals surface area contributed by atoms with E-state index in [2.05, 4.69) is 24.5 Å². The predicted molar refractivity (Wildman–Crippen MR) is 79.3 cm³/mol. The summed E-state index contributed by atoms with van der Waals surface area (Å²) in [6.07, 6.45) is 1.09. The topological polar surface area (TPSA) is 59.6 Å². The Morgan fingerprint density at radius 1 is 1.35 bits per heavy atom. The molecule has 0 heterocycles. The highest BCUT2D eigenvalue weighted by Crippen LogP contribution is 2.30. The largest absolute Gasteiger partial charge is 0.493 e. The van der Waals surface area contributed by atoms with Crippen molar-refractivity contribution in [2.45, 2.75) is 26.3 Å². The standard InChI is InChI=1S/C15H24N2O3/c1-5-8-17-11(2)12-6-7-13(14(9-12)19-4)20-10-15(18)16-3/h6-7,9,11,17H,5,8,10H2,1-4H3,(H,16,18). The number of benzene rings is 1. The number of hydrogen-bond acceptors (Lipinski definition) is 4. The van der Waals surface area contributed by atoms with E-state index in [9.17, 15) is 4.79 Å². The smallest absolute Gasteiger partial charge is 0.257 e. The number of nitrogens with one attached hydrogen (secondary N) is 2. The lowest BCUT2D eigenvalue weighted by molar-refractivity contribution is -0.122. The molecule has 0 radical (unpaired) electrons. The number of rotatable bonds is 8. The minimum absolute atomic E-state index is 0.0180. The van der Waals surface area contributed by atoms with E-state index in [1.54, 1.807) is 14.2 Å². The van der Waals surface area contributed by atoms with Gasteiger partial charge in [-0.05, 0) is 37.6 Å². The lowest BCUT2D eigenvalue weighted by Crippen LogP contribution is -2.25. The van der Waals surface area contributed by atoms with Crippen LogP contribution in [0.25, 0.3) is 0 Å². The fourth-order valence-electron chi connectivity index (χ4n) is 1.77. The first-order valence-electron chi connectivity index (χ1n) is 6.87.